The first-order chi connectivity index (χ1) is 12.5. The van der Waals surface area contributed by atoms with Crippen molar-refractivity contribution in [1.29, 1.82) is 0 Å². The molecule has 2 heterocycles. The van der Waals surface area contributed by atoms with Gasteiger partial charge in [0.15, 0.2) is 6.54 Å². The zero-order valence-electron chi connectivity index (χ0n) is 13.8. The van der Waals surface area contributed by atoms with Crippen LogP contribution in [-0.2, 0) is 5.72 Å². The van der Waals surface area contributed by atoms with Gasteiger partial charge in [0.2, 0.25) is 0 Å². The summed E-state index contributed by atoms with van der Waals surface area (Å²) in [5.74, 6) is 1.01. The van der Waals surface area contributed by atoms with Gasteiger partial charge in [0, 0.05) is 27.9 Å². The molecule has 1 atom stereocenters. The Morgan fingerprint density at radius 1 is 1.19 bits per heavy atom. The van der Waals surface area contributed by atoms with Crippen LogP contribution in [0, 0.1) is 10.1 Å². The summed E-state index contributed by atoms with van der Waals surface area (Å²) in [6.45, 7) is 1.33. The number of amidine groups is 1. The standard InChI is InChI=1S/C18H17BrN3O3S/c19-14-4-8-15(9-5-14)21-17-20(10-1-11-26-17)12-18(21,23)13-2-6-16(7-3-13)22(24)25/h2-9,23H,1,10-12H2/q+1. The molecule has 2 aliphatic heterocycles. The van der Waals surface area contributed by atoms with Crippen molar-refractivity contribution in [2.75, 3.05) is 23.7 Å². The van der Waals surface area contributed by atoms with Crippen LogP contribution in [0.4, 0.5) is 11.4 Å². The number of thioether (sulfide) groups is 1. The number of halogens is 1. The van der Waals surface area contributed by atoms with E-state index >= 15 is 0 Å². The molecule has 1 N–H and O–H groups in total. The van der Waals surface area contributed by atoms with Gasteiger partial charge in [0.25, 0.3) is 11.4 Å². The number of rotatable bonds is 3. The zero-order valence-corrected chi connectivity index (χ0v) is 16.2. The molecule has 8 heteroatoms. The van der Waals surface area contributed by atoms with Gasteiger partial charge in [-0.1, -0.05) is 15.9 Å². The lowest BCUT2D eigenvalue weighted by Crippen LogP contribution is -2.46. The quantitative estimate of drug-likeness (QED) is 0.454. The van der Waals surface area contributed by atoms with Crippen LogP contribution in [0.2, 0.25) is 0 Å². The Kier molecular flexibility index (Phi) is 4.50. The SMILES string of the molecule is O=[N+]([O-])c1ccc(C2(O)C[N+]3=C(SCCC3)N2c2ccc(Br)cc2)cc1. The van der Waals surface area contributed by atoms with E-state index in [0.717, 1.165) is 34.0 Å². The molecule has 0 saturated carbocycles. The van der Waals surface area contributed by atoms with Crippen molar-refractivity contribution < 1.29 is 14.6 Å². The predicted molar refractivity (Wildman–Crippen MR) is 106 cm³/mol. The summed E-state index contributed by atoms with van der Waals surface area (Å²) < 4.78 is 3.16. The van der Waals surface area contributed by atoms with E-state index in [9.17, 15) is 15.2 Å². The minimum atomic E-state index is -1.27. The van der Waals surface area contributed by atoms with Crippen molar-refractivity contribution in [1.82, 2.24) is 0 Å². The van der Waals surface area contributed by atoms with Gasteiger partial charge in [-0.25, -0.2) is 4.58 Å². The molecule has 6 nitrogen and oxygen atoms in total. The van der Waals surface area contributed by atoms with Crippen molar-refractivity contribution in [3.8, 4) is 0 Å². The molecule has 2 aromatic rings. The Morgan fingerprint density at radius 2 is 1.88 bits per heavy atom. The van der Waals surface area contributed by atoms with Crippen LogP contribution < -0.4 is 4.90 Å². The van der Waals surface area contributed by atoms with Crippen LogP contribution in [0.25, 0.3) is 0 Å². The third kappa shape index (κ3) is 2.91. The Bertz CT molecular complexity index is 886. The number of aliphatic hydroxyl groups is 1. The number of nitro groups is 1. The van der Waals surface area contributed by atoms with Gasteiger partial charge in [-0.15, -0.1) is 0 Å². The number of nitrogens with zero attached hydrogens (tertiary/aromatic N) is 3. The number of hydrogen-bond acceptors (Lipinski definition) is 5. The number of nitro benzene ring substituents is 1. The van der Waals surface area contributed by atoms with Crippen molar-refractivity contribution >= 4 is 44.2 Å². The molecule has 0 saturated heterocycles. The second-order valence-corrected chi connectivity index (χ2v) is 8.32. The van der Waals surface area contributed by atoms with Crippen LogP contribution >= 0.6 is 27.7 Å². The first-order valence-electron chi connectivity index (χ1n) is 8.27. The molecule has 26 heavy (non-hydrogen) atoms. The van der Waals surface area contributed by atoms with Gasteiger partial charge in [-0.05, 0) is 54.6 Å². The van der Waals surface area contributed by atoms with E-state index in [-0.39, 0.29) is 5.69 Å². The average Bonchev–Trinajstić information content (AvgIpc) is 2.96. The molecule has 2 aliphatic rings. The highest BCUT2D eigenvalue weighted by atomic mass is 79.9. The van der Waals surface area contributed by atoms with Gasteiger partial charge in [-0.2, -0.15) is 4.90 Å². The molecule has 2 aromatic carbocycles. The third-order valence-corrected chi connectivity index (χ3v) is 6.39. The fourth-order valence-electron chi connectivity index (χ4n) is 3.44. The average molecular weight is 435 g/mol. The maximum absolute atomic E-state index is 11.7. The monoisotopic (exact) mass is 434 g/mol. The minimum Gasteiger partial charge on any atom is -0.346 e. The molecule has 134 valence electrons. The molecule has 0 bridgehead atoms. The summed E-state index contributed by atoms with van der Waals surface area (Å²) in [5.41, 5.74) is 0.287. The van der Waals surface area contributed by atoms with E-state index in [0.29, 0.717) is 12.1 Å². The van der Waals surface area contributed by atoms with Gasteiger partial charge >= 0.3 is 5.17 Å². The summed E-state index contributed by atoms with van der Waals surface area (Å²) in [6.07, 6.45) is 1.07. The molecule has 0 aromatic heterocycles. The van der Waals surface area contributed by atoms with Crippen LogP contribution in [-0.4, -0.2) is 38.6 Å². The molecule has 4 rings (SSSR count). The van der Waals surface area contributed by atoms with Gasteiger partial charge < -0.3 is 5.11 Å². The van der Waals surface area contributed by atoms with Gasteiger partial charge in [0.1, 0.15) is 5.69 Å². The zero-order chi connectivity index (χ0) is 18.3. The van der Waals surface area contributed by atoms with Crippen molar-refractivity contribution in [3.05, 3.63) is 68.7 Å². The number of non-ortho nitro benzene ring substituents is 1. The molecule has 1 unspecified atom stereocenters. The Morgan fingerprint density at radius 3 is 2.54 bits per heavy atom. The Balaban J connectivity index is 1.80. The highest BCUT2D eigenvalue weighted by Crippen LogP contribution is 2.40. The first-order valence-corrected chi connectivity index (χ1v) is 10.0. The third-order valence-electron chi connectivity index (χ3n) is 4.67. The smallest absolute Gasteiger partial charge is 0.316 e. The van der Waals surface area contributed by atoms with E-state index in [2.05, 4.69) is 20.5 Å². The van der Waals surface area contributed by atoms with Crippen molar-refractivity contribution in [2.45, 2.75) is 12.1 Å². The highest BCUT2D eigenvalue weighted by molar-refractivity contribution is 9.10. The van der Waals surface area contributed by atoms with E-state index < -0.39 is 10.6 Å². The number of anilines is 1. The van der Waals surface area contributed by atoms with E-state index in [4.69, 9.17) is 0 Å². The van der Waals surface area contributed by atoms with Crippen LogP contribution in [0.1, 0.15) is 12.0 Å². The van der Waals surface area contributed by atoms with E-state index in [1.807, 2.05) is 29.2 Å². The molecule has 0 fully saturated rings. The molecule has 0 amide bonds. The largest absolute Gasteiger partial charge is 0.346 e. The highest BCUT2D eigenvalue weighted by Gasteiger charge is 2.55. The lowest BCUT2D eigenvalue weighted by atomic mass is 10.0. The summed E-state index contributed by atoms with van der Waals surface area (Å²) in [5, 5.41) is 23.6. The topological polar surface area (TPSA) is 69.6 Å². The van der Waals surface area contributed by atoms with Gasteiger partial charge in [0.05, 0.1) is 11.5 Å². The summed E-state index contributed by atoms with van der Waals surface area (Å²) in [6, 6.07) is 14.0. The minimum absolute atomic E-state index is 0.0188. The van der Waals surface area contributed by atoms with Crippen molar-refractivity contribution in [3.63, 3.8) is 0 Å². The normalized spacial score (nSPS) is 22.5. The maximum Gasteiger partial charge on any atom is 0.316 e. The molecule has 0 radical (unpaired) electrons. The Hall–Kier alpha value is -1.90. The molecular weight excluding hydrogens is 418 g/mol. The molecule has 0 spiro atoms. The summed E-state index contributed by atoms with van der Waals surface area (Å²) in [7, 11) is 0. The fraction of sp³-hybridized carbons (Fsp3) is 0.278. The molecule has 0 aliphatic carbocycles. The summed E-state index contributed by atoms with van der Waals surface area (Å²) in [4.78, 5) is 12.5. The van der Waals surface area contributed by atoms with Gasteiger partial charge in [-0.3, -0.25) is 10.1 Å². The molecular formula is C18H17BrN3O3S+. The number of benzene rings is 2. The fourth-order valence-corrected chi connectivity index (χ4v) is 4.88. The first kappa shape index (κ1) is 17.5. The lowest BCUT2D eigenvalue weighted by molar-refractivity contribution is -0.532. The number of hydrogen-bond donors (Lipinski definition) is 1. The second kappa shape index (κ2) is 6.68. The summed E-state index contributed by atoms with van der Waals surface area (Å²) >= 11 is 5.19. The van der Waals surface area contributed by atoms with E-state index in [1.54, 1.807) is 23.9 Å². The maximum atomic E-state index is 11.7. The van der Waals surface area contributed by atoms with Crippen LogP contribution in [0.3, 0.4) is 0 Å². The van der Waals surface area contributed by atoms with Crippen LogP contribution in [0.5, 0.6) is 0 Å². The van der Waals surface area contributed by atoms with E-state index in [1.165, 1.54) is 12.1 Å². The lowest BCUT2D eigenvalue weighted by Gasteiger charge is -2.28. The van der Waals surface area contributed by atoms with Crippen LogP contribution in [0.15, 0.2) is 53.0 Å². The predicted octanol–water partition coefficient (Wildman–Crippen LogP) is 3.53. The van der Waals surface area contributed by atoms with Crippen molar-refractivity contribution in [2.24, 2.45) is 0 Å². The second-order valence-electron chi connectivity index (χ2n) is 6.34. The Labute approximate surface area is 163 Å².